The summed E-state index contributed by atoms with van der Waals surface area (Å²) in [5.74, 6) is -1.19. The van der Waals surface area contributed by atoms with Crippen LogP contribution in [0.25, 0.3) is 5.76 Å². The highest BCUT2D eigenvalue weighted by atomic mass is 35.5. The molecule has 0 bridgehead atoms. The second kappa shape index (κ2) is 9.07. The molecule has 1 amide bonds. The molecule has 0 radical (unpaired) electrons. The molecule has 3 aromatic carbocycles. The van der Waals surface area contributed by atoms with Crippen LogP contribution in [0.1, 0.15) is 24.1 Å². The van der Waals surface area contributed by atoms with Crippen molar-refractivity contribution in [1.29, 1.82) is 0 Å². The maximum atomic E-state index is 13.2. The molecule has 0 aromatic heterocycles. The van der Waals surface area contributed by atoms with Gasteiger partial charge < -0.3 is 9.84 Å². The van der Waals surface area contributed by atoms with E-state index in [4.69, 9.17) is 27.9 Å². The lowest BCUT2D eigenvalue weighted by atomic mass is 9.95. The van der Waals surface area contributed by atoms with Gasteiger partial charge in [-0.3, -0.25) is 14.5 Å². The van der Waals surface area contributed by atoms with Crippen molar-refractivity contribution >= 4 is 46.3 Å². The maximum absolute atomic E-state index is 13.2. The average Bonchev–Trinajstić information content (AvgIpc) is 3.05. The van der Waals surface area contributed by atoms with Crippen molar-refractivity contribution in [3.8, 4) is 5.75 Å². The third-order valence-electron chi connectivity index (χ3n) is 5.17. The molecular weight excluding hydrogens is 449 g/mol. The number of amides is 1. The number of ether oxygens (including phenoxy) is 1. The lowest BCUT2D eigenvalue weighted by Crippen LogP contribution is -2.29. The lowest BCUT2D eigenvalue weighted by Gasteiger charge is -2.26. The Morgan fingerprint density at radius 1 is 1.00 bits per heavy atom. The summed E-state index contributed by atoms with van der Waals surface area (Å²) in [7, 11) is 0. The Kier molecular flexibility index (Phi) is 6.21. The third-order valence-corrected chi connectivity index (χ3v) is 5.74. The van der Waals surface area contributed by atoms with Gasteiger partial charge in [-0.15, -0.1) is 0 Å². The van der Waals surface area contributed by atoms with Gasteiger partial charge in [0.05, 0.1) is 18.2 Å². The van der Waals surface area contributed by atoms with Crippen LogP contribution in [-0.2, 0) is 9.59 Å². The number of aliphatic hydroxyl groups is 1. The van der Waals surface area contributed by atoms with Gasteiger partial charge in [0, 0.05) is 21.3 Å². The number of benzene rings is 3. The number of anilines is 1. The molecule has 0 spiro atoms. The molecule has 5 nitrogen and oxygen atoms in total. The van der Waals surface area contributed by atoms with Gasteiger partial charge in [0.25, 0.3) is 11.7 Å². The molecule has 32 heavy (non-hydrogen) atoms. The van der Waals surface area contributed by atoms with Gasteiger partial charge in [-0.25, -0.2) is 0 Å². The Labute approximate surface area is 195 Å². The number of nitrogens with zero attached hydrogens (tertiary/aromatic N) is 1. The van der Waals surface area contributed by atoms with E-state index in [0.717, 1.165) is 0 Å². The number of halogens is 2. The Balaban J connectivity index is 1.92. The van der Waals surface area contributed by atoms with Gasteiger partial charge in [-0.1, -0.05) is 59.6 Å². The van der Waals surface area contributed by atoms with Crippen molar-refractivity contribution in [3.63, 3.8) is 0 Å². The number of Topliss-reactive ketones (excluding diaryl/α,β-unsaturated/α-hetero) is 1. The second-order valence-electron chi connectivity index (χ2n) is 7.13. The zero-order valence-electron chi connectivity index (χ0n) is 17.1. The number of aliphatic hydroxyl groups excluding tert-OH is 1. The molecule has 0 unspecified atom stereocenters. The molecule has 0 saturated carbocycles. The van der Waals surface area contributed by atoms with Crippen LogP contribution in [0.3, 0.4) is 0 Å². The molecule has 1 saturated heterocycles. The molecule has 3 aromatic rings. The minimum absolute atomic E-state index is 0.0423. The molecule has 7 heteroatoms. The number of ketones is 1. The first-order valence-corrected chi connectivity index (χ1v) is 10.7. The van der Waals surface area contributed by atoms with Crippen molar-refractivity contribution in [2.45, 2.75) is 13.0 Å². The predicted octanol–water partition coefficient (Wildman–Crippen LogP) is 6.02. The Hall–Kier alpha value is -3.28. The predicted molar refractivity (Wildman–Crippen MR) is 125 cm³/mol. The summed E-state index contributed by atoms with van der Waals surface area (Å²) in [6, 6.07) is 19.3. The van der Waals surface area contributed by atoms with E-state index < -0.39 is 17.7 Å². The highest BCUT2D eigenvalue weighted by Gasteiger charge is 2.47. The molecule has 1 atom stereocenters. The fraction of sp³-hybridized carbons (Fsp3) is 0.120. The molecule has 162 valence electrons. The van der Waals surface area contributed by atoms with E-state index in [0.29, 0.717) is 34.2 Å². The topological polar surface area (TPSA) is 66.8 Å². The zero-order valence-corrected chi connectivity index (χ0v) is 18.6. The second-order valence-corrected chi connectivity index (χ2v) is 7.97. The number of hydrogen-bond acceptors (Lipinski definition) is 4. The minimum Gasteiger partial charge on any atom is -0.507 e. The summed E-state index contributed by atoms with van der Waals surface area (Å²) >= 11 is 12.6. The first-order chi connectivity index (χ1) is 15.4. The summed E-state index contributed by atoms with van der Waals surface area (Å²) in [4.78, 5) is 27.6. The highest BCUT2D eigenvalue weighted by molar-refractivity contribution is 6.52. The third kappa shape index (κ3) is 3.97. The fourth-order valence-electron chi connectivity index (χ4n) is 3.74. The monoisotopic (exact) mass is 467 g/mol. The Bertz CT molecular complexity index is 1210. The first-order valence-electron chi connectivity index (χ1n) is 9.96. The quantitative estimate of drug-likeness (QED) is 0.283. The van der Waals surface area contributed by atoms with Crippen molar-refractivity contribution in [2.24, 2.45) is 0 Å². The minimum atomic E-state index is -0.932. The first kappa shape index (κ1) is 21.9. The summed E-state index contributed by atoms with van der Waals surface area (Å²) in [6.45, 7) is 2.37. The van der Waals surface area contributed by atoms with Crippen molar-refractivity contribution in [3.05, 3.63) is 99.5 Å². The van der Waals surface area contributed by atoms with E-state index in [2.05, 4.69) is 0 Å². The zero-order chi connectivity index (χ0) is 22.8. The van der Waals surface area contributed by atoms with Crippen LogP contribution in [0.5, 0.6) is 5.75 Å². The normalized spacial score (nSPS) is 17.6. The molecule has 1 heterocycles. The SMILES string of the molecule is CCOc1ccc(N2C(=O)C(=O)C(=C(O)c3ccccc3)[C@@H]2c2ccc(Cl)cc2Cl)cc1. The van der Waals surface area contributed by atoms with Gasteiger partial charge in [-0.05, 0) is 48.9 Å². The number of carbonyl (C=O) groups is 2. The molecule has 1 aliphatic heterocycles. The van der Waals surface area contributed by atoms with E-state index >= 15 is 0 Å². The van der Waals surface area contributed by atoms with Crippen LogP contribution in [0.15, 0.2) is 78.4 Å². The molecule has 0 aliphatic carbocycles. The summed E-state index contributed by atoms with van der Waals surface area (Å²) in [5, 5.41) is 11.7. The van der Waals surface area contributed by atoms with Gasteiger partial charge >= 0.3 is 0 Å². The molecule has 1 N–H and O–H groups in total. The molecule has 4 rings (SSSR count). The summed E-state index contributed by atoms with van der Waals surface area (Å²) < 4.78 is 5.48. The Morgan fingerprint density at radius 3 is 2.31 bits per heavy atom. The Morgan fingerprint density at radius 2 is 1.69 bits per heavy atom. The number of hydrogen-bond donors (Lipinski definition) is 1. The van der Waals surface area contributed by atoms with Crippen molar-refractivity contribution < 1.29 is 19.4 Å². The van der Waals surface area contributed by atoms with Crippen LogP contribution in [0, 0.1) is 0 Å². The standard InChI is InChI=1S/C25H19Cl2NO4/c1-2-32-18-11-9-17(10-12-18)28-22(19-13-8-16(26)14-20(19)27)21(24(30)25(28)31)23(29)15-6-4-3-5-7-15/h3-14,22,29H,2H2,1H3/t22-/m0/s1. The average molecular weight is 468 g/mol. The van der Waals surface area contributed by atoms with E-state index in [1.54, 1.807) is 72.8 Å². The fourth-order valence-corrected chi connectivity index (χ4v) is 4.25. The summed E-state index contributed by atoms with van der Waals surface area (Å²) in [5.41, 5.74) is 1.33. The van der Waals surface area contributed by atoms with E-state index in [-0.39, 0.29) is 16.4 Å². The van der Waals surface area contributed by atoms with Gasteiger partial charge in [0.15, 0.2) is 0 Å². The maximum Gasteiger partial charge on any atom is 0.300 e. The van der Waals surface area contributed by atoms with E-state index in [1.165, 1.54) is 4.90 Å². The number of rotatable bonds is 5. The van der Waals surface area contributed by atoms with Crippen LogP contribution >= 0.6 is 23.2 Å². The summed E-state index contributed by atoms with van der Waals surface area (Å²) in [6.07, 6.45) is 0. The lowest BCUT2D eigenvalue weighted by molar-refractivity contribution is -0.132. The van der Waals surface area contributed by atoms with Crippen LogP contribution in [0.2, 0.25) is 10.0 Å². The largest absolute Gasteiger partial charge is 0.507 e. The highest BCUT2D eigenvalue weighted by Crippen LogP contribution is 2.44. The van der Waals surface area contributed by atoms with Gasteiger partial charge in [0.1, 0.15) is 11.5 Å². The van der Waals surface area contributed by atoms with E-state index in [1.807, 2.05) is 6.92 Å². The van der Waals surface area contributed by atoms with E-state index in [9.17, 15) is 14.7 Å². The van der Waals surface area contributed by atoms with Crippen molar-refractivity contribution in [1.82, 2.24) is 0 Å². The molecule has 1 aliphatic rings. The van der Waals surface area contributed by atoms with Crippen molar-refractivity contribution in [2.75, 3.05) is 11.5 Å². The smallest absolute Gasteiger partial charge is 0.300 e. The van der Waals surface area contributed by atoms with Crippen LogP contribution in [0.4, 0.5) is 5.69 Å². The van der Waals surface area contributed by atoms with Gasteiger partial charge in [-0.2, -0.15) is 0 Å². The van der Waals surface area contributed by atoms with Crippen LogP contribution in [-0.4, -0.2) is 23.4 Å². The van der Waals surface area contributed by atoms with Gasteiger partial charge in [0.2, 0.25) is 0 Å². The number of carbonyl (C=O) groups excluding carboxylic acids is 2. The van der Waals surface area contributed by atoms with Crippen LogP contribution < -0.4 is 9.64 Å². The molecular formula is C25H19Cl2NO4. The molecule has 1 fully saturated rings.